The maximum Gasteiger partial charge on any atom is 0.410 e. The summed E-state index contributed by atoms with van der Waals surface area (Å²) >= 11 is 0. The van der Waals surface area contributed by atoms with E-state index in [9.17, 15) is 4.79 Å². The van der Waals surface area contributed by atoms with E-state index in [0.717, 1.165) is 37.3 Å². The number of guanidine groups is 1. The van der Waals surface area contributed by atoms with Gasteiger partial charge in [0, 0.05) is 46.1 Å². The number of unbranched alkanes of at least 4 members (excludes halogenated alkanes) is 1. The number of pyridine rings is 1. The third kappa shape index (κ3) is 12.0. The predicted octanol–water partition coefficient (Wildman–Crippen LogP) is 4.30. The van der Waals surface area contributed by atoms with E-state index in [0.29, 0.717) is 19.6 Å². The van der Waals surface area contributed by atoms with E-state index in [4.69, 9.17) is 4.74 Å². The fourth-order valence-corrected chi connectivity index (χ4v) is 2.71. The van der Waals surface area contributed by atoms with Gasteiger partial charge in [0.05, 0.1) is 6.54 Å². The zero-order valence-corrected chi connectivity index (χ0v) is 21.4. The number of aliphatic imine (C=N–C) groups is 1. The third-order valence-electron chi connectivity index (χ3n) is 4.11. The highest BCUT2D eigenvalue weighted by Gasteiger charge is 2.22. The van der Waals surface area contributed by atoms with Gasteiger partial charge in [0.1, 0.15) is 5.60 Å². The molecule has 1 aromatic rings. The fraction of sp³-hybridized carbons (Fsp3) is 0.591. The van der Waals surface area contributed by atoms with Gasteiger partial charge in [-0.15, -0.1) is 30.6 Å². The lowest BCUT2D eigenvalue weighted by molar-refractivity contribution is 0.0232. The van der Waals surface area contributed by atoms with Crippen LogP contribution in [0.5, 0.6) is 0 Å². The van der Waals surface area contributed by atoms with Crippen molar-refractivity contribution >= 4 is 36.0 Å². The maximum absolute atomic E-state index is 12.6. The van der Waals surface area contributed by atoms with E-state index >= 15 is 0 Å². The fourth-order valence-electron chi connectivity index (χ4n) is 2.71. The van der Waals surface area contributed by atoms with Gasteiger partial charge < -0.3 is 19.9 Å². The molecule has 0 unspecified atom stereocenters. The van der Waals surface area contributed by atoms with Crippen LogP contribution in [0.25, 0.3) is 0 Å². The Labute approximate surface area is 199 Å². The first kappa shape index (κ1) is 28.2. The molecule has 8 heteroatoms. The summed E-state index contributed by atoms with van der Waals surface area (Å²) in [5.41, 5.74) is 0.447. The van der Waals surface area contributed by atoms with Crippen LogP contribution in [-0.2, 0) is 11.3 Å². The van der Waals surface area contributed by atoms with Crippen molar-refractivity contribution < 1.29 is 9.53 Å². The lowest BCUT2D eigenvalue weighted by Gasteiger charge is -2.28. The second-order valence-electron chi connectivity index (χ2n) is 7.94. The monoisotopic (exact) mass is 531 g/mol. The molecule has 0 aliphatic rings. The molecule has 0 aliphatic heterocycles. The van der Waals surface area contributed by atoms with Crippen molar-refractivity contribution in [3.8, 4) is 0 Å². The molecule has 1 heterocycles. The van der Waals surface area contributed by atoms with E-state index in [-0.39, 0.29) is 30.1 Å². The van der Waals surface area contributed by atoms with Gasteiger partial charge in [-0.1, -0.05) is 12.1 Å². The molecule has 0 fully saturated rings. The number of allylic oxidation sites excluding steroid dienone is 1. The molecule has 170 valence electrons. The summed E-state index contributed by atoms with van der Waals surface area (Å²) in [4.78, 5) is 24.9. The summed E-state index contributed by atoms with van der Waals surface area (Å²) in [7, 11) is 3.80. The third-order valence-corrected chi connectivity index (χ3v) is 4.11. The number of aromatic nitrogens is 1. The zero-order chi connectivity index (χ0) is 21.7. The lowest BCUT2D eigenvalue weighted by Crippen LogP contribution is -2.41. The molecule has 1 aromatic heterocycles. The topological polar surface area (TPSA) is 70.1 Å². The number of nitrogens with zero attached hydrogens (tertiary/aromatic N) is 4. The van der Waals surface area contributed by atoms with Crippen molar-refractivity contribution in [3.05, 3.63) is 42.7 Å². The van der Waals surface area contributed by atoms with Gasteiger partial charge in [0.2, 0.25) is 0 Å². The number of hydrogen-bond acceptors (Lipinski definition) is 4. The quantitative estimate of drug-likeness (QED) is 0.160. The number of carbonyl (C=O) groups excluding carboxylic acids is 1. The highest BCUT2D eigenvalue weighted by molar-refractivity contribution is 14.0. The summed E-state index contributed by atoms with van der Waals surface area (Å²) in [6.07, 6.45) is 7.92. The van der Waals surface area contributed by atoms with Crippen LogP contribution in [0.15, 0.2) is 42.2 Å². The first-order valence-corrected chi connectivity index (χ1v) is 10.2. The molecule has 0 spiro atoms. The highest BCUT2D eigenvalue weighted by Crippen LogP contribution is 2.12. The van der Waals surface area contributed by atoms with Crippen molar-refractivity contribution in [1.82, 2.24) is 20.1 Å². The molecule has 0 radical (unpaired) electrons. The summed E-state index contributed by atoms with van der Waals surface area (Å²) in [6, 6.07) is 3.83. The second-order valence-corrected chi connectivity index (χ2v) is 7.94. The van der Waals surface area contributed by atoms with E-state index in [1.165, 1.54) is 0 Å². The van der Waals surface area contributed by atoms with Gasteiger partial charge in [-0.05, 0) is 51.7 Å². The van der Waals surface area contributed by atoms with Crippen LogP contribution >= 0.6 is 24.0 Å². The number of carbonyl (C=O) groups is 1. The highest BCUT2D eigenvalue weighted by atomic mass is 127. The van der Waals surface area contributed by atoms with Gasteiger partial charge in [-0.2, -0.15) is 0 Å². The standard InChI is InChI=1S/C22H37N5O2.HI/c1-7-8-9-15-26(6)20(23-5)25-14-11-16-27(21(28)29-22(2,3)4)18-19-12-10-13-24-17-19;/h7,10,12-13,17H,1,8-9,11,14-16,18H2,2-6H3,(H,23,25);1H. The molecule has 0 saturated heterocycles. The SMILES string of the molecule is C=CCCCN(C)C(=NC)NCCCN(Cc1cccnc1)C(=O)OC(C)(C)C.I. The average Bonchev–Trinajstić information content (AvgIpc) is 2.66. The van der Waals surface area contributed by atoms with E-state index in [1.54, 1.807) is 24.3 Å². The van der Waals surface area contributed by atoms with Crippen LogP contribution < -0.4 is 5.32 Å². The predicted molar refractivity (Wildman–Crippen MR) is 134 cm³/mol. The minimum absolute atomic E-state index is 0. The van der Waals surface area contributed by atoms with Crippen LogP contribution in [0.4, 0.5) is 4.79 Å². The Morgan fingerprint density at radius 2 is 2.07 bits per heavy atom. The largest absolute Gasteiger partial charge is 0.444 e. The summed E-state index contributed by atoms with van der Waals surface area (Å²) in [5.74, 6) is 0.852. The molecule has 7 nitrogen and oxygen atoms in total. The number of hydrogen-bond donors (Lipinski definition) is 1. The Morgan fingerprint density at radius 1 is 1.33 bits per heavy atom. The Balaban J connectivity index is 0.00000841. The van der Waals surface area contributed by atoms with E-state index < -0.39 is 5.60 Å². The number of nitrogens with one attached hydrogen (secondary N) is 1. The van der Waals surface area contributed by atoms with Crippen molar-refractivity contribution in [3.63, 3.8) is 0 Å². The molecule has 30 heavy (non-hydrogen) atoms. The molecule has 1 amide bonds. The second kappa shape index (κ2) is 15.0. The van der Waals surface area contributed by atoms with Crippen LogP contribution in [0.1, 0.15) is 45.6 Å². The average molecular weight is 531 g/mol. The van der Waals surface area contributed by atoms with Crippen molar-refractivity contribution in [2.24, 2.45) is 4.99 Å². The molecule has 0 saturated carbocycles. The van der Waals surface area contributed by atoms with Crippen molar-refractivity contribution in [1.29, 1.82) is 0 Å². The van der Waals surface area contributed by atoms with Crippen molar-refractivity contribution in [2.75, 3.05) is 33.7 Å². The molecule has 0 aromatic carbocycles. The van der Waals surface area contributed by atoms with E-state index in [1.807, 2.05) is 46.0 Å². The summed E-state index contributed by atoms with van der Waals surface area (Å²) in [5, 5.41) is 3.36. The van der Waals surface area contributed by atoms with Crippen molar-refractivity contribution in [2.45, 2.75) is 52.2 Å². The molecule has 0 aliphatic carbocycles. The minimum Gasteiger partial charge on any atom is -0.444 e. The smallest absolute Gasteiger partial charge is 0.410 e. The Kier molecular flexibility index (Phi) is 14.1. The molecule has 0 atom stereocenters. The number of halogens is 1. The molecular formula is C22H38IN5O2. The normalized spacial score (nSPS) is 11.3. The van der Waals surface area contributed by atoms with Gasteiger partial charge in [0.15, 0.2) is 5.96 Å². The van der Waals surface area contributed by atoms with Gasteiger partial charge in [0.25, 0.3) is 0 Å². The molecule has 0 bridgehead atoms. The first-order valence-electron chi connectivity index (χ1n) is 10.2. The Morgan fingerprint density at radius 3 is 2.63 bits per heavy atom. The van der Waals surface area contributed by atoms with Crippen LogP contribution in [0.2, 0.25) is 0 Å². The number of rotatable bonds is 10. The Bertz CT molecular complexity index is 647. The molecular weight excluding hydrogens is 493 g/mol. The zero-order valence-electron chi connectivity index (χ0n) is 19.1. The van der Waals surface area contributed by atoms with Gasteiger partial charge in [-0.3, -0.25) is 9.98 Å². The van der Waals surface area contributed by atoms with Crippen LogP contribution in [0, 0.1) is 0 Å². The van der Waals surface area contributed by atoms with Gasteiger partial charge in [-0.25, -0.2) is 4.79 Å². The molecule has 1 rings (SSSR count). The summed E-state index contributed by atoms with van der Waals surface area (Å²) < 4.78 is 5.57. The minimum atomic E-state index is -0.529. The Hall–Kier alpha value is -1.84. The summed E-state index contributed by atoms with van der Waals surface area (Å²) in [6.45, 7) is 12.1. The lowest BCUT2D eigenvalue weighted by atomic mass is 10.2. The maximum atomic E-state index is 12.6. The van der Waals surface area contributed by atoms with E-state index in [2.05, 4.69) is 26.8 Å². The van der Waals surface area contributed by atoms with Gasteiger partial charge >= 0.3 is 6.09 Å². The number of ether oxygens (including phenoxy) is 1. The number of amides is 1. The first-order chi connectivity index (χ1) is 13.8. The van der Waals surface area contributed by atoms with Crippen LogP contribution in [-0.4, -0.2) is 66.2 Å². The molecule has 1 N–H and O–H groups in total. The van der Waals surface area contributed by atoms with Crippen LogP contribution in [0.3, 0.4) is 0 Å².